The average molecular weight is 300 g/mol. The molecular formula is C15H16N4OS. The molecule has 2 heterocycles. The molecule has 3 rings (SSSR count). The van der Waals surface area contributed by atoms with Gasteiger partial charge in [0.25, 0.3) is 5.91 Å². The van der Waals surface area contributed by atoms with Crippen LogP contribution in [0.1, 0.15) is 35.9 Å². The summed E-state index contributed by atoms with van der Waals surface area (Å²) in [4.78, 5) is 16.6. The highest BCUT2D eigenvalue weighted by Crippen LogP contribution is 2.26. The van der Waals surface area contributed by atoms with Gasteiger partial charge in [0.05, 0.1) is 10.2 Å². The van der Waals surface area contributed by atoms with Crippen LogP contribution in [0.15, 0.2) is 30.5 Å². The minimum absolute atomic E-state index is 0.231. The summed E-state index contributed by atoms with van der Waals surface area (Å²) in [6, 6.07) is 7.99. The predicted octanol–water partition coefficient (Wildman–Crippen LogP) is 3.63. The smallest absolute Gasteiger partial charge is 0.277 e. The third-order valence-electron chi connectivity index (χ3n) is 3.13. The summed E-state index contributed by atoms with van der Waals surface area (Å²) >= 11 is 1.47. The topological polar surface area (TPSA) is 59.8 Å². The molecule has 0 spiro atoms. The zero-order valence-electron chi connectivity index (χ0n) is 12.1. The van der Waals surface area contributed by atoms with Crippen molar-refractivity contribution in [2.75, 3.05) is 5.32 Å². The number of aryl methyl sites for hydroxylation is 1. The number of amides is 1. The van der Waals surface area contributed by atoms with E-state index in [1.54, 1.807) is 16.9 Å². The highest BCUT2D eigenvalue weighted by molar-refractivity contribution is 7.22. The number of hydrogen-bond donors (Lipinski definition) is 1. The van der Waals surface area contributed by atoms with Crippen LogP contribution in [0.25, 0.3) is 10.2 Å². The number of rotatable bonds is 3. The molecule has 0 saturated carbocycles. The summed E-state index contributed by atoms with van der Waals surface area (Å²) in [7, 11) is 0. The van der Waals surface area contributed by atoms with Gasteiger partial charge in [-0.25, -0.2) is 4.98 Å². The summed E-state index contributed by atoms with van der Waals surface area (Å²) in [5, 5.41) is 7.66. The lowest BCUT2D eigenvalue weighted by atomic mass is 10.2. The molecule has 1 aromatic carbocycles. The van der Waals surface area contributed by atoms with Crippen LogP contribution in [0.3, 0.4) is 0 Å². The molecular weight excluding hydrogens is 284 g/mol. The number of thiazole rings is 1. The Kier molecular flexibility index (Phi) is 3.47. The van der Waals surface area contributed by atoms with Crippen LogP contribution in [-0.4, -0.2) is 20.7 Å². The number of hydrogen-bond acceptors (Lipinski definition) is 4. The van der Waals surface area contributed by atoms with Crippen molar-refractivity contribution in [1.29, 1.82) is 0 Å². The van der Waals surface area contributed by atoms with Crippen LogP contribution in [-0.2, 0) is 0 Å². The van der Waals surface area contributed by atoms with Crippen molar-refractivity contribution in [2.24, 2.45) is 0 Å². The van der Waals surface area contributed by atoms with Gasteiger partial charge in [0.1, 0.15) is 0 Å². The number of fused-ring (bicyclic) bond motifs is 1. The van der Waals surface area contributed by atoms with E-state index in [9.17, 15) is 4.79 Å². The van der Waals surface area contributed by atoms with Crippen molar-refractivity contribution < 1.29 is 4.79 Å². The molecule has 0 bridgehead atoms. The van der Waals surface area contributed by atoms with Crippen molar-refractivity contribution in [2.45, 2.75) is 26.8 Å². The summed E-state index contributed by atoms with van der Waals surface area (Å²) < 4.78 is 2.83. The fourth-order valence-electron chi connectivity index (χ4n) is 1.99. The van der Waals surface area contributed by atoms with Gasteiger partial charge in [-0.3, -0.25) is 14.8 Å². The molecule has 5 nitrogen and oxygen atoms in total. The second kappa shape index (κ2) is 5.29. The zero-order chi connectivity index (χ0) is 15.0. The first-order valence-corrected chi connectivity index (χ1v) is 7.58. The summed E-state index contributed by atoms with van der Waals surface area (Å²) in [6.45, 7) is 6.07. The van der Waals surface area contributed by atoms with Crippen LogP contribution in [0, 0.1) is 6.92 Å². The van der Waals surface area contributed by atoms with E-state index in [-0.39, 0.29) is 11.9 Å². The first kappa shape index (κ1) is 13.8. The lowest BCUT2D eigenvalue weighted by molar-refractivity contribution is 0.102. The van der Waals surface area contributed by atoms with E-state index < -0.39 is 0 Å². The number of benzene rings is 1. The molecule has 0 radical (unpaired) electrons. The third kappa shape index (κ3) is 2.80. The average Bonchev–Trinajstić information content (AvgIpc) is 3.03. The van der Waals surface area contributed by atoms with Gasteiger partial charge in [-0.1, -0.05) is 17.4 Å². The molecule has 0 atom stereocenters. The third-order valence-corrected chi connectivity index (χ3v) is 4.07. The highest BCUT2D eigenvalue weighted by Gasteiger charge is 2.13. The number of carbonyl (C=O) groups excluding carboxylic acids is 1. The monoisotopic (exact) mass is 300 g/mol. The number of nitrogens with one attached hydrogen (secondary N) is 1. The zero-order valence-corrected chi connectivity index (χ0v) is 12.9. The molecule has 0 aliphatic rings. The van der Waals surface area contributed by atoms with E-state index in [2.05, 4.69) is 21.5 Å². The van der Waals surface area contributed by atoms with E-state index >= 15 is 0 Å². The van der Waals surface area contributed by atoms with Crippen molar-refractivity contribution in [3.05, 3.63) is 41.7 Å². The molecule has 1 N–H and O–H groups in total. The Labute approximate surface area is 126 Å². The Hall–Kier alpha value is -2.21. The van der Waals surface area contributed by atoms with E-state index in [1.165, 1.54) is 16.9 Å². The SMILES string of the molecule is Cc1ccc2nc(NC(=O)c3ccn(C(C)C)n3)sc2c1. The second-order valence-corrected chi connectivity index (χ2v) is 6.25. The van der Waals surface area contributed by atoms with E-state index in [0.29, 0.717) is 10.8 Å². The normalized spacial score (nSPS) is 11.2. The molecule has 0 saturated heterocycles. The number of aromatic nitrogens is 3. The van der Waals surface area contributed by atoms with Gasteiger partial charge in [0.2, 0.25) is 0 Å². The number of carbonyl (C=O) groups is 1. The van der Waals surface area contributed by atoms with E-state index in [4.69, 9.17) is 0 Å². The number of anilines is 1. The van der Waals surface area contributed by atoms with Crippen molar-refractivity contribution >= 4 is 32.6 Å². The van der Waals surface area contributed by atoms with E-state index in [0.717, 1.165) is 10.2 Å². The fraction of sp³-hybridized carbons (Fsp3) is 0.267. The molecule has 3 aromatic rings. The molecule has 0 fully saturated rings. The molecule has 6 heteroatoms. The molecule has 21 heavy (non-hydrogen) atoms. The van der Waals surface area contributed by atoms with Gasteiger partial charge in [0, 0.05) is 12.2 Å². The largest absolute Gasteiger partial charge is 0.296 e. The molecule has 0 aliphatic carbocycles. The van der Waals surface area contributed by atoms with Crippen LogP contribution < -0.4 is 5.32 Å². The Bertz CT molecular complexity index is 803. The highest BCUT2D eigenvalue weighted by atomic mass is 32.1. The lowest BCUT2D eigenvalue weighted by Crippen LogP contribution is -2.13. The maximum Gasteiger partial charge on any atom is 0.277 e. The molecule has 108 valence electrons. The van der Waals surface area contributed by atoms with Gasteiger partial charge in [-0.15, -0.1) is 0 Å². The summed E-state index contributed by atoms with van der Waals surface area (Å²) in [5.74, 6) is -0.231. The maximum absolute atomic E-state index is 12.2. The second-order valence-electron chi connectivity index (χ2n) is 5.22. The van der Waals surface area contributed by atoms with Gasteiger partial charge in [0.15, 0.2) is 10.8 Å². The van der Waals surface area contributed by atoms with Crippen molar-refractivity contribution in [3.63, 3.8) is 0 Å². The van der Waals surface area contributed by atoms with Gasteiger partial charge in [-0.2, -0.15) is 5.10 Å². The Morgan fingerprint density at radius 2 is 2.14 bits per heavy atom. The van der Waals surface area contributed by atoms with Gasteiger partial charge in [-0.05, 0) is 44.5 Å². The summed E-state index contributed by atoms with van der Waals surface area (Å²) in [6.07, 6.45) is 1.81. The van der Waals surface area contributed by atoms with E-state index in [1.807, 2.05) is 32.9 Å². The van der Waals surface area contributed by atoms with Crippen LogP contribution in [0.4, 0.5) is 5.13 Å². The first-order valence-electron chi connectivity index (χ1n) is 6.76. The van der Waals surface area contributed by atoms with Gasteiger partial charge < -0.3 is 0 Å². The van der Waals surface area contributed by atoms with Crippen LogP contribution in [0.5, 0.6) is 0 Å². The van der Waals surface area contributed by atoms with Crippen molar-refractivity contribution in [3.8, 4) is 0 Å². The molecule has 2 aromatic heterocycles. The quantitative estimate of drug-likeness (QED) is 0.803. The first-order chi connectivity index (χ1) is 10.0. The minimum atomic E-state index is -0.231. The lowest BCUT2D eigenvalue weighted by Gasteiger charge is -2.03. The van der Waals surface area contributed by atoms with Gasteiger partial charge >= 0.3 is 0 Å². The Morgan fingerprint density at radius 1 is 1.33 bits per heavy atom. The maximum atomic E-state index is 12.2. The molecule has 0 unspecified atom stereocenters. The molecule has 0 aliphatic heterocycles. The van der Waals surface area contributed by atoms with Crippen LogP contribution >= 0.6 is 11.3 Å². The minimum Gasteiger partial charge on any atom is -0.296 e. The molecule has 1 amide bonds. The predicted molar refractivity (Wildman–Crippen MR) is 84.9 cm³/mol. The van der Waals surface area contributed by atoms with Crippen molar-refractivity contribution in [1.82, 2.24) is 14.8 Å². The van der Waals surface area contributed by atoms with Crippen LogP contribution in [0.2, 0.25) is 0 Å². The number of nitrogens with zero attached hydrogens (tertiary/aromatic N) is 3. The fourth-order valence-corrected chi connectivity index (χ4v) is 2.95. The Balaban J connectivity index is 1.81. The standard InChI is InChI=1S/C15H16N4OS/c1-9(2)19-7-6-12(18-19)14(20)17-15-16-11-5-4-10(3)8-13(11)21-15/h4-9H,1-3H3,(H,16,17,20). The Morgan fingerprint density at radius 3 is 2.86 bits per heavy atom. The summed E-state index contributed by atoms with van der Waals surface area (Å²) in [5.41, 5.74) is 2.48.